The number of aliphatic hydroxyl groups is 1. The number of methoxy groups -OCH3 is 1. The van der Waals surface area contributed by atoms with E-state index in [0.717, 1.165) is 66.7 Å². The number of hydrogen-bond acceptors (Lipinski definition) is 7. The number of aliphatic hydroxyl groups excluding tert-OH is 1. The second kappa shape index (κ2) is 9.82. The molecule has 0 spiro atoms. The minimum Gasteiger partial charge on any atom is -0.463 e. The number of H-pyrrole nitrogens is 1. The first kappa shape index (κ1) is 23.0. The first-order chi connectivity index (χ1) is 17.1. The van der Waals surface area contributed by atoms with Crippen LogP contribution in [0.3, 0.4) is 0 Å². The Morgan fingerprint density at radius 2 is 2.03 bits per heavy atom. The number of piperazine rings is 1. The van der Waals surface area contributed by atoms with E-state index in [4.69, 9.17) is 14.4 Å². The quantitative estimate of drug-likeness (QED) is 0.388. The highest BCUT2D eigenvalue weighted by atomic mass is 16.5. The molecular weight excluding hydrogens is 444 g/mol. The van der Waals surface area contributed by atoms with E-state index in [1.165, 1.54) is 7.11 Å². The van der Waals surface area contributed by atoms with E-state index >= 15 is 0 Å². The van der Waals surface area contributed by atoms with E-state index in [9.17, 15) is 9.90 Å². The minimum absolute atomic E-state index is 0.213. The van der Waals surface area contributed by atoms with Crippen LogP contribution in [-0.4, -0.2) is 60.8 Å². The molecule has 1 saturated heterocycles. The van der Waals surface area contributed by atoms with Gasteiger partial charge < -0.3 is 24.1 Å². The summed E-state index contributed by atoms with van der Waals surface area (Å²) < 4.78 is 10.3. The van der Waals surface area contributed by atoms with Gasteiger partial charge in [-0.15, -0.1) is 0 Å². The number of nitrogens with one attached hydrogen (secondary N) is 1. The smallest absolute Gasteiger partial charge is 0.373 e. The second-order valence-electron chi connectivity index (χ2n) is 8.93. The van der Waals surface area contributed by atoms with Crippen LogP contribution in [0.25, 0.3) is 21.9 Å². The van der Waals surface area contributed by atoms with Crippen LogP contribution in [0.4, 0.5) is 5.69 Å². The van der Waals surface area contributed by atoms with Gasteiger partial charge in [-0.25, -0.2) is 4.79 Å². The number of benzene rings is 2. The Morgan fingerprint density at radius 1 is 1.20 bits per heavy atom. The Bertz CT molecular complexity index is 1390. The van der Waals surface area contributed by atoms with Crippen LogP contribution in [0, 0.1) is 11.3 Å². The van der Waals surface area contributed by atoms with Crippen molar-refractivity contribution >= 4 is 33.5 Å². The lowest BCUT2D eigenvalue weighted by molar-refractivity contribution is 0.0567. The van der Waals surface area contributed by atoms with Crippen LogP contribution in [0.1, 0.15) is 40.6 Å². The topological polar surface area (TPSA) is 106 Å². The molecule has 0 unspecified atom stereocenters. The van der Waals surface area contributed by atoms with Crippen LogP contribution in [-0.2, 0) is 4.74 Å². The molecule has 180 valence electrons. The van der Waals surface area contributed by atoms with E-state index in [1.807, 2.05) is 30.5 Å². The molecule has 35 heavy (non-hydrogen) atoms. The lowest BCUT2D eigenvalue weighted by Gasteiger charge is -2.36. The number of ether oxygens (including phenoxy) is 1. The number of anilines is 1. The normalized spacial score (nSPS) is 15.4. The molecule has 8 heteroatoms. The van der Waals surface area contributed by atoms with Crippen molar-refractivity contribution in [1.82, 2.24) is 9.88 Å². The zero-order valence-corrected chi connectivity index (χ0v) is 19.7. The third-order valence-corrected chi connectivity index (χ3v) is 6.78. The van der Waals surface area contributed by atoms with Gasteiger partial charge in [0.25, 0.3) is 0 Å². The SMILES string of the molecule is COC(=O)c1cc2cc(N3CCN(CCC[C@@H](O)c4c[nH]c5ccc(C#N)cc45)CC3)ccc2o1. The summed E-state index contributed by atoms with van der Waals surface area (Å²) in [5, 5.41) is 21.7. The molecule has 2 N–H and O–H groups in total. The predicted octanol–water partition coefficient (Wildman–Crippen LogP) is 4.21. The zero-order valence-electron chi connectivity index (χ0n) is 19.7. The molecule has 1 aliphatic heterocycles. The number of aromatic nitrogens is 1. The first-order valence-corrected chi connectivity index (χ1v) is 11.8. The summed E-state index contributed by atoms with van der Waals surface area (Å²) >= 11 is 0. The van der Waals surface area contributed by atoms with E-state index in [-0.39, 0.29) is 5.76 Å². The summed E-state index contributed by atoms with van der Waals surface area (Å²) in [6, 6.07) is 15.4. The van der Waals surface area contributed by atoms with E-state index in [0.29, 0.717) is 17.6 Å². The number of nitriles is 1. The van der Waals surface area contributed by atoms with Gasteiger partial charge in [-0.05, 0) is 61.9 Å². The van der Waals surface area contributed by atoms with Gasteiger partial charge in [-0.1, -0.05) is 0 Å². The van der Waals surface area contributed by atoms with Crippen molar-refractivity contribution in [1.29, 1.82) is 5.26 Å². The third kappa shape index (κ3) is 4.74. The summed E-state index contributed by atoms with van der Waals surface area (Å²) in [5.41, 5.74) is 4.17. The van der Waals surface area contributed by atoms with E-state index in [2.05, 4.69) is 26.9 Å². The fraction of sp³-hybridized carbons (Fsp3) is 0.333. The van der Waals surface area contributed by atoms with Crippen LogP contribution in [0.5, 0.6) is 0 Å². The summed E-state index contributed by atoms with van der Waals surface area (Å²) in [4.78, 5) is 19.7. The zero-order chi connectivity index (χ0) is 24.4. The highest BCUT2D eigenvalue weighted by molar-refractivity contribution is 5.93. The number of rotatable bonds is 7. The van der Waals surface area contributed by atoms with Crippen molar-refractivity contribution in [3.63, 3.8) is 0 Å². The minimum atomic E-state index is -0.560. The third-order valence-electron chi connectivity index (χ3n) is 6.78. The Balaban J connectivity index is 1.13. The van der Waals surface area contributed by atoms with Gasteiger partial charge >= 0.3 is 5.97 Å². The Labute approximate surface area is 203 Å². The van der Waals surface area contributed by atoms with Crippen molar-refractivity contribution in [2.45, 2.75) is 18.9 Å². The fourth-order valence-corrected chi connectivity index (χ4v) is 4.81. The molecule has 0 aliphatic carbocycles. The number of hydrogen-bond donors (Lipinski definition) is 2. The van der Waals surface area contributed by atoms with Gasteiger partial charge in [-0.3, -0.25) is 4.90 Å². The number of carbonyl (C=O) groups is 1. The van der Waals surface area contributed by atoms with E-state index < -0.39 is 12.1 Å². The molecule has 2 aromatic heterocycles. The molecule has 0 amide bonds. The van der Waals surface area contributed by atoms with Crippen molar-refractivity contribution < 1.29 is 19.1 Å². The lowest BCUT2D eigenvalue weighted by Crippen LogP contribution is -2.46. The number of nitrogens with zero attached hydrogens (tertiary/aromatic N) is 3. The second-order valence-corrected chi connectivity index (χ2v) is 8.93. The lowest BCUT2D eigenvalue weighted by atomic mass is 10.0. The molecule has 0 bridgehead atoms. The molecule has 0 saturated carbocycles. The molecule has 1 atom stereocenters. The first-order valence-electron chi connectivity index (χ1n) is 11.8. The number of furan rings is 1. The molecule has 0 radical (unpaired) electrons. The highest BCUT2D eigenvalue weighted by Gasteiger charge is 2.20. The van der Waals surface area contributed by atoms with Gasteiger partial charge in [0, 0.05) is 59.9 Å². The van der Waals surface area contributed by atoms with Crippen LogP contribution in [0.2, 0.25) is 0 Å². The maximum Gasteiger partial charge on any atom is 0.373 e. The van der Waals surface area contributed by atoms with Crippen molar-refractivity contribution in [3.05, 3.63) is 65.5 Å². The molecule has 5 rings (SSSR count). The van der Waals surface area contributed by atoms with Gasteiger partial charge in [0.05, 0.1) is 24.8 Å². The molecule has 8 nitrogen and oxygen atoms in total. The number of aromatic amines is 1. The van der Waals surface area contributed by atoms with Crippen molar-refractivity contribution in [2.24, 2.45) is 0 Å². The van der Waals surface area contributed by atoms with Crippen LogP contribution in [0.15, 0.2) is 53.1 Å². The predicted molar refractivity (Wildman–Crippen MR) is 133 cm³/mol. The molecule has 1 fully saturated rings. The van der Waals surface area contributed by atoms with Gasteiger partial charge in [-0.2, -0.15) is 5.26 Å². The fourth-order valence-electron chi connectivity index (χ4n) is 4.81. The summed E-state index contributed by atoms with van der Waals surface area (Å²) in [5.74, 6) is -0.261. The maximum atomic E-state index is 11.7. The Kier molecular flexibility index (Phi) is 6.45. The average molecular weight is 473 g/mol. The monoisotopic (exact) mass is 472 g/mol. The number of fused-ring (bicyclic) bond motifs is 2. The maximum absolute atomic E-state index is 11.7. The molecule has 3 heterocycles. The summed E-state index contributed by atoms with van der Waals surface area (Å²) in [7, 11) is 1.34. The van der Waals surface area contributed by atoms with Crippen molar-refractivity contribution in [2.75, 3.05) is 44.7 Å². The van der Waals surface area contributed by atoms with Crippen LogP contribution >= 0.6 is 0 Å². The van der Waals surface area contributed by atoms with Gasteiger partial charge in [0.1, 0.15) is 5.58 Å². The van der Waals surface area contributed by atoms with E-state index in [1.54, 1.807) is 12.1 Å². The van der Waals surface area contributed by atoms with Crippen LogP contribution < -0.4 is 4.90 Å². The number of carbonyl (C=O) groups excluding carboxylic acids is 1. The molecule has 4 aromatic rings. The largest absolute Gasteiger partial charge is 0.463 e. The summed E-state index contributed by atoms with van der Waals surface area (Å²) in [6.07, 6.45) is 2.85. The summed E-state index contributed by atoms with van der Waals surface area (Å²) in [6.45, 7) is 4.65. The van der Waals surface area contributed by atoms with Gasteiger partial charge in [0.15, 0.2) is 0 Å². The average Bonchev–Trinajstić information content (AvgIpc) is 3.52. The molecular formula is C27H28N4O4. The van der Waals surface area contributed by atoms with Crippen molar-refractivity contribution in [3.8, 4) is 6.07 Å². The molecule has 2 aromatic carbocycles. The Morgan fingerprint density at radius 3 is 2.80 bits per heavy atom. The molecule has 1 aliphatic rings. The van der Waals surface area contributed by atoms with Gasteiger partial charge in [0.2, 0.25) is 5.76 Å². The highest BCUT2D eigenvalue weighted by Crippen LogP contribution is 2.29. The number of esters is 1. The Hall–Kier alpha value is -3.80. The standard InChI is InChI=1S/C27H28N4O4/c1-34-27(33)26-15-19-14-20(5-7-25(19)35-26)31-11-9-30(10-12-31)8-2-3-24(32)22-17-29-23-6-4-18(16-28)13-21(22)23/h4-7,13-15,17,24,29,32H,2-3,8-12H2,1H3/t24-/m1/s1.